The topological polar surface area (TPSA) is 69.6 Å². The Labute approximate surface area is 125 Å². The van der Waals surface area contributed by atoms with E-state index in [1.54, 1.807) is 23.1 Å². The fourth-order valence-corrected chi connectivity index (χ4v) is 1.94. The van der Waals surface area contributed by atoms with E-state index in [-0.39, 0.29) is 11.6 Å². The highest BCUT2D eigenvalue weighted by Gasteiger charge is 2.10. The summed E-state index contributed by atoms with van der Waals surface area (Å²) in [5, 5.41) is 11.8. The van der Waals surface area contributed by atoms with Crippen molar-refractivity contribution >= 4 is 12.0 Å². The Kier molecular flexibility index (Phi) is 6.46. The number of nitrogens with one attached hydrogen (secondary N) is 1. The molecule has 0 atom stereocenters. The smallest absolute Gasteiger partial charge is 0.335 e. The number of carbonyl (C=O) groups excluding carboxylic acids is 1. The van der Waals surface area contributed by atoms with Gasteiger partial charge in [0.25, 0.3) is 0 Å². The Morgan fingerprint density at radius 1 is 1.38 bits per heavy atom. The molecule has 5 nitrogen and oxygen atoms in total. The number of rotatable bonds is 7. The average Bonchev–Trinajstić information content (AvgIpc) is 2.44. The molecule has 114 valence electrons. The maximum absolute atomic E-state index is 12.0. The number of benzene rings is 1. The first-order valence-corrected chi connectivity index (χ1v) is 6.93. The van der Waals surface area contributed by atoms with E-state index in [1.807, 2.05) is 19.9 Å². The van der Waals surface area contributed by atoms with Crippen molar-refractivity contribution in [3.63, 3.8) is 0 Å². The summed E-state index contributed by atoms with van der Waals surface area (Å²) < 4.78 is 0. The second kappa shape index (κ2) is 8.09. The molecule has 0 aromatic heterocycles. The van der Waals surface area contributed by atoms with Gasteiger partial charge in [0.15, 0.2) is 0 Å². The normalized spacial score (nSPS) is 10.0. The fraction of sp³-hybridized carbons (Fsp3) is 0.375. The quantitative estimate of drug-likeness (QED) is 0.758. The summed E-state index contributed by atoms with van der Waals surface area (Å²) in [5.41, 5.74) is 2.08. The highest BCUT2D eigenvalue weighted by molar-refractivity contribution is 5.87. The predicted molar refractivity (Wildman–Crippen MR) is 82.6 cm³/mol. The van der Waals surface area contributed by atoms with Crippen LogP contribution in [-0.2, 0) is 6.42 Å². The van der Waals surface area contributed by atoms with Crippen molar-refractivity contribution in [3.05, 3.63) is 47.5 Å². The molecule has 0 saturated heterocycles. The Hall–Kier alpha value is -2.30. The summed E-state index contributed by atoms with van der Waals surface area (Å²) >= 11 is 0. The van der Waals surface area contributed by atoms with Crippen LogP contribution in [0, 0.1) is 0 Å². The van der Waals surface area contributed by atoms with Crippen LogP contribution >= 0.6 is 0 Å². The summed E-state index contributed by atoms with van der Waals surface area (Å²) in [6, 6.07) is 6.61. The van der Waals surface area contributed by atoms with Crippen molar-refractivity contribution in [1.82, 2.24) is 10.2 Å². The summed E-state index contributed by atoms with van der Waals surface area (Å²) in [5.74, 6) is -0.945. The maximum Gasteiger partial charge on any atom is 0.335 e. The first-order chi connectivity index (χ1) is 9.93. The minimum Gasteiger partial charge on any atom is -0.478 e. The molecule has 0 radical (unpaired) electrons. The van der Waals surface area contributed by atoms with Crippen molar-refractivity contribution in [3.8, 4) is 0 Å². The van der Waals surface area contributed by atoms with E-state index < -0.39 is 5.97 Å². The molecule has 1 rings (SSSR count). The number of likely N-dealkylation sites (N-methyl/N-ethyl adjacent to an activating group) is 1. The van der Waals surface area contributed by atoms with Gasteiger partial charge in [-0.2, -0.15) is 0 Å². The molecule has 0 aliphatic rings. The van der Waals surface area contributed by atoms with Crippen LogP contribution in [0.2, 0.25) is 0 Å². The van der Waals surface area contributed by atoms with E-state index >= 15 is 0 Å². The molecule has 0 unspecified atom stereocenters. The van der Waals surface area contributed by atoms with E-state index in [2.05, 4.69) is 11.9 Å². The third-order valence-electron chi connectivity index (χ3n) is 2.99. The van der Waals surface area contributed by atoms with Crippen LogP contribution in [0.5, 0.6) is 0 Å². The summed E-state index contributed by atoms with van der Waals surface area (Å²) in [6.07, 6.45) is 0.595. The third kappa shape index (κ3) is 5.69. The number of amides is 2. The standard InChI is InChI=1S/C16H22N2O3/c1-4-18(11-12(2)3)16(21)17-9-8-13-6-5-7-14(10-13)15(19)20/h5-7,10H,2,4,8-9,11H2,1,3H3,(H,17,21)(H,19,20). The number of aromatic carboxylic acids is 1. The van der Waals surface area contributed by atoms with E-state index in [0.717, 1.165) is 11.1 Å². The zero-order valence-electron chi connectivity index (χ0n) is 12.6. The predicted octanol–water partition coefficient (Wildman–Crippen LogP) is 2.53. The number of carboxylic acids is 1. The molecule has 0 bridgehead atoms. The summed E-state index contributed by atoms with van der Waals surface area (Å²) in [7, 11) is 0. The Balaban J connectivity index is 2.49. The lowest BCUT2D eigenvalue weighted by molar-refractivity contribution is 0.0696. The lowest BCUT2D eigenvalue weighted by atomic mass is 10.1. The first kappa shape index (κ1) is 16.8. The van der Waals surface area contributed by atoms with Crippen LogP contribution in [0.4, 0.5) is 4.79 Å². The molecule has 0 aliphatic carbocycles. The number of nitrogens with zero attached hydrogens (tertiary/aromatic N) is 1. The Bertz CT molecular complexity index is 526. The van der Waals surface area contributed by atoms with Gasteiger partial charge in [-0.3, -0.25) is 0 Å². The highest BCUT2D eigenvalue weighted by Crippen LogP contribution is 2.06. The minimum atomic E-state index is -0.945. The van der Waals surface area contributed by atoms with Crippen molar-refractivity contribution in [2.24, 2.45) is 0 Å². The van der Waals surface area contributed by atoms with Gasteiger partial charge >= 0.3 is 12.0 Å². The number of hydrogen-bond donors (Lipinski definition) is 2. The van der Waals surface area contributed by atoms with Crippen molar-refractivity contribution < 1.29 is 14.7 Å². The number of carbonyl (C=O) groups is 2. The number of hydrogen-bond acceptors (Lipinski definition) is 2. The average molecular weight is 290 g/mol. The molecule has 1 aromatic carbocycles. The zero-order chi connectivity index (χ0) is 15.8. The van der Waals surface area contributed by atoms with E-state index in [1.165, 1.54) is 0 Å². The molecule has 0 fully saturated rings. The second-order valence-corrected chi connectivity index (χ2v) is 4.96. The highest BCUT2D eigenvalue weighted by atomic mass is 16.4. The maximum atomic E-state index is 12.0. The Morgan fingerprint density at radius 2 is 2.10 bits per heavy atom. The van der Waals surface area contributed by atoms with E-state index in [4.69, 9.17) is 5.11 Å². The van der Waals surface area contributed by atoms with Crippen molar-refractivity contribution in [2.75, 3.05) is 19.6 Å². The lowest BCUT2D eigenvalue weighted by Gasteiger charge is -2.21. The van der Waals surface area contributed by atoms with E-state index in [0.29, 0.717) is 26.1 Å². The molecular formula is C16H22N2O3. The van der Waals surface area contributed by atoms with Gasteiger partial charge in [-0.1, -0.05) is 24.3 Å². The first-order valence-electron chi connectivity index (χ1n) is 6.93. The van der Waals surface area contributed by atoms with Gasteiger partial charge < -0.3 is 15.3 Å². The van der Waals surface area contributed by atoms with Gasteiger partial charge in [0, 0.05) is 19.6 Å². The van der Waals surface area contributed by atoms with Crippen LogP contribution in [0.25, 0.3) is 0 Å². The SMILES string of the molecule is C=C(C)CN(CC)C(=O)NCCc1cccc(C(=O)O)c1. The van der Waals surface area contributed by atoms with Crippen LogP contribution in [0.15, 0.2) is 36.4 Å². The van der Waals surface area contributed by atoms with Gasteiger partial charge in [0.2, 0.25) is 0 Å². The Morgan fingerprint density at radius 3 is 2.67 bits per heavy atom. The molecule has 2 amide bonds. The van der Waals surface area contributed by atoms with Gasteiger partial charge in [-0.05, 0) is 38.0 Å². The third-order valence-corrected chi connectivity index (χ3v) is 2.99. The van der Waals surface area contributed by atoms with Crippen LogP contribution in [-0.4, -0.2) is 41.6 Å². The molecule has 0 spiro atoms. The van der Waals surface area contributed by atoms with Crippen molar-refractivity contribution in [2.45, 2.75) is 20.3 Å². The molecular weight excluding hydrogens is 268 g/mol. The van der Waals surface area contributed by atoms with Crippen LogP contribution in [0.1, 0.15) is 29.8 Å². The monoisotopic (exact) mass is 290 g/mol. The van der Waals surface area contributed by atoms with Gasteiger partial charge in [-0.25, -0.2) is 9.59 Å². The lowest BCUT2D eigenvalue weighted by Crippen LogP contribution is -2.41. The molecule has 2 N–H and O–H groups in total. The zero-order valence-corrected chi connectivity index (χ0v) is 12.6. The second-order valence-electron chi connectivity index (χ2n) is 4.96. The minimum absolute atomic E-state index is 0.130. The van der Waals surface area contributed by atoms with Crippen molar-refractivity contribution in [1.29, 1.82) is 0 Å². The largest absolute Gasteiger partial charge is 0.478 e. The number of carboxylic acid groups (broad SMARTS) is 1. The molecule has 0 heterocycles. The summed E-state index contributed by atoms with van der Waals surface area (Å²) in [4.78, 5) is 24.5. The molecule has 0 saturated carbocycles. The van der Waals surface area contributed by atoms with Crippen LogP contribution in [0.3, 0.4) is 0 Å². The van der Waals surface area contributed by atoms with E-state index in [9.17, 15) is 9.59 Å². The molecule has 5 heteroatoms. The molecule has 0 aliphatic heterocycles. The fourth-order valence-electron chi connectivity index (χ4n) is 1.94. The number of urea groups is 1. The van der Waals surface area contributed by atoms with Crippen LogP contribution < -0.4 is 5.32 Å². The molecule has 1 aromatic rings. The summed E-state index contributed by atoms with van der Waals surface area (Å²) in [6.45, 7) is 9.22. The molecule has 21 heavy (non-hydrogen) atoms. The van der Waals surface area contributed by atoms with Gasteiger partial charge in [0.05, 0.1) is 5.56 Å². The van der Waals surface area contributed by atoms with Gasteiger partial charge in [-0.15, -0.1) is 0 Å². The van der Waals surface area contributed by atoms with Gasteiger partial charge in [0.1, 0.15) is 0 Å².